The van der Waals surface area contributed by atoms with Crippen LogP contribution in [0.1, 0.15) is 26.2 Å². The predicted octanol–water partition coefficient (Wildman–Crippen LogP) is 1.38. The maximum absolute atomic E-state index is 5.96. The Morgan fingerprint density at radius 1 is 1.22 bits per heavy atom. The van der Waals surface area contributed by atoms with Gasteiger partial charge in [0.15, 0.2) is 0 Å². The molecule has 1 nitrogen and oxygen atoms in total. The van der Waals surface area contributed by atoms with Gasteiger partial charge >= 0.3 is 0 Å². The Kier molecular flexibility index (Phi) is 1.10. The molecule has 4 atom stereocenters. The van der Waals surface area contributed by atoms with Crippen LogP contribution in [-0.2, 0) is 0 Å². The molecule has 52 valence electrons. The highest BCUT2D eigenvalue weighted by Gasteiger charge is 2.42. The fourth-order valence-electron chi connectivity index (χ4n) is 2.62. The fourth-order valence-corrected chi connectivity index (χ4v) is 2.62. The first-order valence-electron chi connectivity index (χ1n) is 4.04. The summed E-state index contributed by atoms with van der Waals surface area (Å²) in [7, 11) is 0. The van der Waals surface area contributed by atoms with Gasteiger partial charge in [-0.05, 0) is 37.0 Å². The van der Waals surface area contributed by atoms with E-state index in [0.29, 0.717) is 6.04 Å². The van der Waals surface area contributed by atoms with Crippen LogP contribution in [0.3, 0.4) is 0 Å². The minimum absolute atomic E-state index is 0.545. The summed E-state index contributed by atoms with van der Waals surface area (Å²) in [6, 6.07) is 0.545. The molecule has 2 N–H and O–H groups in total. The first kappa shape index (κ1) is 5.72. The highest BCUT2D eigenvalue weighted by atomic mass is 14.7. The summed E-state index contributed by atoms with van der Waals surface area (Å²) < 4.78 is 0. The topological polar surface area (TPSA) is 26.0 Å². The molecule has 0 aromatic rings. The summed E-state index contributed by atoms with van der Waals surface area (Å²) in [6.07, 6.45) is 4.30. The van der Waals surface area contributed by atoms with E-state index in [-0.39, 0.29) is 0 Å². The summed E-state index contributed by atoms with van der Waals surface area (Å²) in [5.74, 6) is 2.71. The zero-order chi connectivity index (χ0) is 6.43. The second-order valence-electron chi connectivity index (χ2n) is 3.77. The van der Waals surface area contributed by atoms with Crippen LogP contribution in [0.25, 0.3) is 0 Å². The third kappa shape index (κ3) is 0.644. The summed E-state index contributed by atoms with van der Waals surface area (Å²) in [5.41, 5.74) is 5.96. The zero-order valence-electron chi connectivity index (χ0n) is 6.01. The molecule has 0 spiro atoms. The Morgan fingerprint density at radius 2 is 1.89 bits per heavy atom. The van der Waals surface area contributed by atoms with E-state index in [2.05, 4.69) is 6.92 Å². The molecule has 0 amide bonds. The number of fused-ring (bicyclic) bond motifs is 2. The van der Waals surface area contributed by atoms with Crippen molar-refractivity contribution < 1.29 is 0 Å². The van der Waals surface area contributed by atoms with Gasteiger partial charge in [-0.3, -0.25) is 0 Å². The average Bonchev–Trinajstić information content (AvgIpc) is 2.37. The van der Waals surface area contributed by atoms with Gasteiger partial charge in [0.25, 0.3) is 0 Å². The van der Waals surface area contributed by atoms with Crippen molar-refractivity contribution in [1.29, 1.82) is 0 Å². The molecule has 0 aliphatic heterocycles. The van der Waals surface area contributed by atoms with Gasteiger partial charge in [-0.1, -0.05) is 6.92 Å². The van der Waals surface area contributed by atoms with Crippen LogP contribution >= 0.6 is 0 Å². The van der Waals surface area contributed by atoms with Crippen molar-refractivity contribution in [2.45, 2.75) is 32.2 Å². The number of rotatable bonds is 0. The van der Waals surface area contributed by atoms with E-state index in [1.807, 2.05) is 0 Å². The van der Waals surface area contributed by atoms with Gasteiger partial charge in [-0.2, -0.15) is 0 Å². The molecule has 9 heavy (non-hydrogen) atoms. The normalized spacial score (nSPS) is 56.7. The third-order valence-corrected chi connectivity index (χ3v) is 3.41. The lowest BCUT2D eigenvalue weighted by Crippen LogP contribution is -2.33. The van der Waals surface area contributed by atoms with E-state index < -0.39 is 0 Å². The molecule has 1 heteroatoms. The Bertz CT molecular complexity index is 104. The standard InChI is InChI=1S/C8H15N/c1-5-6-2-3-7(4-6)8(5)9/h5-8H,2-4,9H2,1H3/t5?,6-,7-,8+/m0/s1. The molecule has 2 aliphatic carbocycles. The Balaban J connectivity index is 2.15. The summed E-state index contributed by atoms with van der Waals surface area (Å²) >= 11 is 0. The van der Waals surface area contributed by atoms with Crippen molar-refractivity contribution in [3.8, 4) is 0 Å². The van der Waals surface area contributed by atoms with Crippen molar-refractivity contribution >= 4 is 0 Å². The van der Waals surface area contributed by atoms with Crippen molar-refractivity contribution in [2.24, 2.45) is 23.5 Å². The van der Waals surface area contributed by atoms with Crippen molar-refractivity contribution in [2.75, 3.05) is 0 Å². The van der Waals surface area contributed by atoms with E-state index in [0.717, 1.165) is 17.8 Å². The number of hydrogen-bond acceptors (Lipinski definition) is 1. The molecule has 0 radical (unpaired) electrons. The van der Waals surface area contributed by atoms with Crippen LogP contribution in [0.2, 0.25) is 0 Å². The lowest BCUT2D eigenvalue weighted by atomic mass is 9.87. The van der Waals surface area contributed by atoms with E-state index in [9.17, 15) is 0 Å². The Morgan fingerprint density at radius 3 is 2.22 bits per heavy atom. The highest BCUT2D eigenvalue weighted by Crippen LogP contribution is 2.47. The van der Waals surface area contributed by atoms with Gasteiger partial charge in [0.1, 0.15) is 0 Å². The van der Waals surface area contributed by atoms with Crippen LogP contribution in [-0.4, -0.2) is 6.04 Å². The molecule has 2 saturated carbocycles. The summed E-state index contributed by atoms with van der Waals surface area (Å²) in [5, 5.41) is 0. The molecular formula is C8H15N. The predicted molar refractivity (Wildman–Crippen MR) is 38.0 cm³/mol. The molecule has 0 saturated heterocycles. The van der Waals surface area contributed by atoms with Crippen LogP contribution in [0.5, 0.6) is 0 Å². The minimum atomic E-state index is 0.545. The average molecular weight is 125 g/mol. The summed E-state index contributed by atoms with van der Waals surface area (Å²) in [6.45, 7) is 2.31. The molecule has 2 aliphatic rings. The van der Waals surface area contributed by atoms with Gasteiger partial charge in [0, 0.05) is 6.04 Å². The molecule has 2 rings (SSSR count). The zero-order valence-corrected chi connectivity index (χ0v) is 6.01. The van der Waals surface area contributed by atoms with Gasteiger partial charge in [0.2, 0.25) is 0 Å². The van der Waals surface area contributed by atoms with Gasteiger partial charge < -0.3 is 5.73 Å². The summed E-state index contributed by atoms with van der Waals surface area (Å²) in [4.78, 5) is 0. The van der Waals surface area contributed by atoms with Crippen LogP contribution < -0.4 is 5.73 Å². The fraction of sp³-hybridized carbons (Fsp3) is 1.00. The van der Waals surface area contributed by atoms with E-state index in [1.165, 1.54) is 19.3 Å². The maximum Gasteiger partial charge on any atom is 0.00957 e. The number of nitrogens with two attached hydrogens (primary N) is 1. The monoisotopic (exact) mass is 125 g/mol. The van der Waals surface area contributed by atoms with E-state index in [4.69, 9.17) is 5.73 Å². The number of hydrogen-bond donors (Lipinski definition) is 1. The molecule has 0 heterocycles. The van der Waals surface area contributed by atoms with Gasteiger partial charge in [-0.25, -0.2) is 0 Å². The lowest BCUT2D eigenvalue weighted by molar-refractivity contribution is 0.312. The maximum atomic E-state index is 5.96. The third-order valence-electron chi connectivity index (χ3n) is 3.41. The van der Waals surface area contributed by atoms with Gasteiger partial charge in [-0.15, -0.1) is 0 Å². The second-order valence-corrected chi connectivity index (χ2v) is 3.77. The van der Waals surface area contributed by atoms with E-state index >= 15 is 0 Å². The quantitative estimate of drug-likeness (QED) is 0.520. The smallest absolute Gasteiger partial charge is 0.00957 e. The lowest BCUT2D eigenvalue weighted by Gasteiger charge is -2.23. The molecule has 0 aromatic heterocycles. The van der Waals surface area contributed by atoms with Crippen LogP contribution in [0, 0.1) is 17.8 Å². The molecule has 0 aromatic carbocycles. The molecule has 2 bridgehead atoms. The first-order chi connectivity index (χ1) is 4.29. The molecular weight excluding hydrogens is 110 g/mol. The first-order valence-corrected chi connectivity index (χ1v) is 4.04. The van der Waals surface area contributed by atoms with Crippen molar-refractivity contribution in [1.82, 2.24) is 0 Å². The SMILES string of the molecule is CC1[C@H]2CC[C@@H](C2)[C@@H]1N. The highest BCUT2D eigenvalue weighted by molar-refractivity contribution is 4.96. The largest absolute Gasteiger partial charge is 0.327 e. The second kappa shape index (κ2) is 1.72. The van der Waals surface area contributed by atoms with Crippen LogP contribution in [0.4, 0.5) is 0 Å². The van der Waals surface area contributed by atoms with Crippen LogP contribution in [0.15, 0.2) is 0 Å². The molecule has 1 unspecified atom stereocenters. The van der Waals surface area contributed by atoms with E-state index in [1.54, 1.807) is 0 Å². The molecule has 2 fully saturated rings. The Labute approximate surface area is 56.6 Å². The Hall–Kier alpha value is -0.0400. The van der Waals surface area contributed by atoms with Gasteiger partial charge in [0.05, 0.1) is 0 Å². The van der Waals surface area contributed by atoms with Crippen molar-refractivity contribution in [3.05, 3.63) is 0 Å². The minimum Gasteiger partial charge on any atom is -0.327 e. The van der Waals surface area contributed by atoms with Crippen molar-refractivity contribution in [3.63, 3.8) is 0 Å².